The third-order valence-electron chi connectivity index (χ3n) is 3.99. The minimum Gasteiger partial charge on any atom is -0.494 e. The summed E-state index contributed by atoms with van der Waals surface area (Å²) in [7, 11) is 0. The van der Waals surface area contributed by atoms with Crippen LogP contribution in [0.3, 0.4) is 0 Å². The molecule has 0 saturated heterocycles. The molecule has 1 aliphatic heterocycles. The SMILES string of the molecule is CCOc1cc2c(cc1CNC(=O)CCc1nc(C)no1)OC(C)C2. The van der Waals surface area contributed by atoms with E-state index in [0.29, 0.717) is 37.7 Å². The van der Waals surface area contributed by atoms with Gasteiger partial charge in [0.05, 0.1) is 6.61 Å². The molecule has 1 unspecified atom stereocenters. The first-order valence-corrected chi connectivity index (χ1v) is 8.56. The highest BCUT2D eigenvalue weighted by Gasteiger charge is 2.22. The molecule has 0 saturated carbocycles. The van der Waals surface area contributed by atoms with Gasteiger partial charge in [0.15, 0.2) is 5.82 Å². The molecule has 1 aromatic heterocycles. The first-order valence-electron chi connectivity index (χ1n) is 8.56. The third-order valence-corrected chi connectivity index (χ3v) is 3.99. The Morgan fingerprint density at radius 2 is 2.28 bits per heavy atom. The van der Waals surface area contributed by atoms with Gasteiger partial charge in [0.2, 0.25) is 11.8 Å². The van der Waals surface area contributed by atoms with Crippen molar-refractivity contribution in [3.63, 3.8) is 0 Å². The molecule has 7 nitrogen and oxygen atoms in total. The van der Waals surface area contributed by atoms with Crippen molar-refractivity contribution in [1.29, 1.82) is 0 Å². The molecule has 2 heterocycles. The van der Waals surface area contributed by atoms with Crippen LogP contribution in [0.1, 0.15) is 43.1 Å². The fourth-order valence-corrected chi connectivity index (χ4v) is 2.85. The molecule has 7 heteroatoms. The molecule has 3 rings (SSSR count). The van der Waals surface area contributed by atoms with Gasteiger partial charge in [-0.1, -0.05) is 5.16 Å². The number of carbonyl (C=O) groups excluding carboxylic acids is 1. The molecule has 0 aliphatic carbocycles. The van der Waals surface area contributed by atoms with Crippen LogP contribution < -0.4 is 14.8 Å². The quantitative estimate of drug-likeness (QED) is 0.829. The van der Waals surface area contributed by atoms with Crippen molar-refractivity contribution in [1.82, 2.24) is 15.5 Å². The Balaban J connectivity index is 1.60. The summed E-state index contributed by atoms with van der Waals surface area (Å²) >= 11 is 0. The number of carbonyl (C=O) groups is 1. The van der Waals surface area contributed by atoms with Crippen molar-refractivity contribution in [2.75, 3.05) is 6.61 Å². The summed E-state index contributed by atoms with van der Waals surface area (Å²) in [6.45, 7) is 6.70. The van der Waals surface area contributed by atoms with Gasteiger partial charge in [-0.25, -0.2) is 0 Å². The van der Waals surface area contributed by atoms with Crippen molar-refractivity contribution in [2.45, 2.75) is 52.7 Å². The predicted molar refractivity (Wildman–Crippen MR) is 90.6 cm³/mol. The summed E-state index contributed by atoms with van der Waals surface area (Å²) in [5, 5.41) is 6.62. The van der Waals surface area contributed by atoms with Gasteiger partial charge < -0.3 is 19.3 Å². The van der Waals surface area contributed by atoms with Gasteiger partial charge in [-0.05, 0) is 32.9 Å². The van der Waals surface area contributed by atoms with Gasteiger partial charge in [0.1, 0.15) is 17.6 Å². The summed E-state index contributed by atoms with van der Waals surface area (Å²) in [4.78, 5) is 16.2. The highest BCUT2D eigenvalue weighted by molar-refractivity contribution is 5.76. The van der Waals surface area contributed by atoms with Crippen LogP contribution in [0.4, 0.5) is 0 Å². The van der Waals surface area contributed by atoms with E-state index >= 15 is 0 Å². The number of rotatable bonds is 7. The topological polar surface area (TPSA) is 86.5 Å². The predicted octanol–water partition coefficient (Wildman–Crippen LogP) is 2.35. The fraction of sp³-hybridized carbons (Fsp3) is 0.500. The monoisotopic (exact) mass is 345 g/mol. The van der Waals surface area contributed by atoms with Gasteiger partial charge >= 0.3 is 0 Å². The standard InChI is InChI=1S/C18H23N3O4/c1-4-23-15-8-13-7-11(2)24-16(13)9-14(15)10-19-17(22)5-6-18-20-12(3)21-25-18/h8-9,11H,4-7,10H2,1-3H3,(H,19,22). The molecule has 1 atom stereocenters. The number of nitrogens with one attached hydrogen (secondary N) is 1. The second-order valence-electron chi connectivity index (χ2n) is 6.15. The maximum atomic E-state index is 12.1. The number of ether oxygens (including phenoxy) is 2. The number of hydrogen-bond acceptors (Lipinski definition) is 6. The lowest BCUT2D eigenvalue weighted by Crippen LogP contribution is -2.23. The van der Waals surface area contributed by atoms with Crippen LogP contribution in [0.25, 0.3) is 0 Å². The maximum Gasteiger partial charge on any atom is 0.227 e. The lowest BCUT2D eigenvalue weighted by atomic mass is 10.1. The molecule has 0 fully saturated rings. The molecular formula is C18H23N3O4. The Hall–Kier alpha value is -2.57. The summed E-state index contributed by atoms with van der Waals surface area (Å²) in [5.74, 6) is 2.65. The highest BCUT2D eigenvalue weighted by Crippen LogP contribution is 2.35. The average Bonchev–Trinajstić information content (AvgIpc) is 3.15. The van der Waals surface area contributed by atoms with Gasteiger partial charge in [0, 0.05) is 36.9 Å². The number of benzene rings is 1. The van der Waals surface area contributed by atoms with Crippen molar-refractivity contribution < 1.29 is 18.8 Å². The van der Waals surface area contributed by atoms with E-state index in [0.717, 1.165) is 29.0 Å². The summed E-state index contributed by atoms with van der Waals surface area (Å²) in [6, 6.07) is 3.98. The van der Waals surface area contributed by atoms with Crippen LogP contribution in [-0.4, -0.2) is 28.8 Å². The third kappa shape index (κ3) is 4.29. The molecule has 0 bridgehead atoms. The van der Waals surface area contributed by atoms with Crippen LogP contribution >= 0.6 is 0 Å². The molecule has 1 aromatic carbocycles. The van der Waals surface area contributed by atoms with Crippen molar-refractivity contribution in [3.05, 3.63) is 35.0 Å². The molecule has 2 aromatic rings. The zero-order valence-electron chi connectivity index (χ0n) is 14.8. The Morgan fingerprint density at radius 3 is 3.00 bits per heavy atom. The molecule has 134 valence electrons. The van der Waals surface area contributed by atoms with Crippen LogP contribution in [0.15, 0.2) is 16.7 Å². The van der Waals surface area contributed by atoms with Gasteiger partial charge in [0.25, 0.3) is 0 Å². The Labute approximate surface area is 146 Å². The van der Waals surface area contributed by atoms with E-state index in [-0.39, 0.29) is 12.0 Å². The average molecular weight is 345 g/mol. The minimum absolute atomic E-state index is 0.0758. The molecule has 0 radical (unpaired) electrons. The number of nitrogens with zero attached hydrogens (tertiary/aromatic N) is 2. The van der Waals surface area contributed by atoms with E-state index < -0.39 is 0 Å². The molecule has 1 amide bonds. The normalized spacial score (nSPS) is 15.6. The van der Waals surface area contributed by atoms with Crippen LogP contribution in [0.5, 0.6) is 11.5 Å². The molecule has 1 aliphatic rings. The number of hydrogen-bond donors (Lipinski definition) is 1. The molecule has 25 heavy (non-hydrogen) atoms. The molecule has 0 spiro atoms. The number of aromatic nitrogens is 2. The van der Waals surface area contributed by atoms with Gasteiger partial charge in [-0.15, -0.1) is 0 Å². The second kappa shape index (κ2) is 7.55. The van der Waals surface area contributed by atoms with Crippen molar-refractivity contribution in [2.24, 2.45) is 0 Å². The maximum absolute atomic E-state index is 12.1. The highest BCUT2D eigenvalue weighted by atomic mass is 16.5. The van der Waals surface area contributed by atoms with E-state index in [1.807, 2.05) is 26.0 Å². The van der Waals surface area contributed by atoms with Gasteiger partial charge in [-0.3, -0.25) is 4.79 Å². The van der Waals surface area contributed by atoms with Crippen LogP contribution in [0, 0.1) is 6.92 Å². The van der Waals surface area contributed by atoms with Gasteiger partial charge in [-0.2, -0.15) is 4.98 Å². The lowest BCUT2D eigenvalue weighted by molar-refractivity contribution is -0.121. The minimum atomic E-state index is -0.0758. The zero-order chi connectivity index (χ0) is 17.8. The van der Waals surface area contributed by atoms with Crippen LogP contribution in [0.2, 0.25) is 0 Å². The number of aryl methyl sites for hydroxylation is 2. The fourth-order valence-electron chi connectivity index (χ4n) is 2.85. The largest absolute Gasteiger partial charge is 0.494 e. The first kappa shape index (κ1) is 17.3. The smallest absolute Gasteiger partial charge is 0.227 e. The number of fused-ring (bicyclic) bond motifs is 1. The summed E-state index contributed by atoms with van der Waals surface area (Å²) < 4.78 is 16.5. The summed E-state index contributed by atoms with van der Waals surface area (Å²) in [5.41, 5.74) is 2.06. The first-order chi connectivity index (χ1) is 12.0. The molecule has 1 N–H and O–H groups in total. The lowest BCUT2D eigenvalue weighted by Gasteiger charge is -2.13. The van der Waals surface area contributed by atoms with Crippen LogP contribution in [-0.2, 0) is 24.2 Å². The Bertz CT molecular complexity index is 757. The van der Waals surface area contributed by atoms with Crippen molar-refractivity contribution >= 4 is 5.91 Å². The van der Waals surface area contributed by atoms with Crippen molar-refractivity contribution in [3.8, 4) is 11.5 Å². The molecular weight excluding hydrogens is 322 g/mol. The van der Waals surface area contributed by atoms with E-state index in [2.05, 4.69) is 15.5 Å². The van der Waals surface area contributed by atoms with E-state index in [1.165, 1.54) is 0 Å². The Morgan fingerprint density at radius 1 is 1.44 bits per heavy atom. The second-order valence-corrected chi connectivity index (χ2v) is 6.15. The zero-order valence-corrected chi connectivity index (χ0v) is 14.8. The van der Waals surface area contributed by atoms with E-state index in [4.69, 9.17) is 14.0 Å². The number of amides is 1. The Kier molecular flexibility index (Phi) is 5.21. The van der Waals surface area contributed by atoms with E-state index in [1.54, 1.807) is 6.92 Å². The van der Waals surface area contributed by atoms with E-state index in [9.17, 15) is 4.79 Å². The summed E-state index contributed by atoms with van der Waals surface area (Å²) in [6.07, 6.45) is 1.78.